The van der Waals surface area contributed by atoms with Gasteiger partial charge in [-0.3, -0.25) is 4.79 Å². The van der Waals surface area contributed by atoms with Crippen molar-refractivity contribution >= 4 is 23.6 Å². The molecule has 0 N–H and O–H groups in total. The number of benzene rings is 1. The fourth-order valence-corrected chi connectivity index (χ4v) is 2.03. The lowest BCUT2D eigenvalue weighted by Gasteiger charge is -2.27. The molecule has 0 aliphatic rings. The Morgan fingerprint density at radius 3 is 2.50 bits per heavy atom. The number of anilines is 1. The summed E-state index contributed by atoms with van der Waals surface area (Å²) in [7, 11) is 4.10. The number of halogens is 1. The molecule has 18 heavy (non-hydrogen) atoms. The molecule has 0 fully saturated rings. The quantitative estimate of drug-likeness (QED) is 0.711. The molecular weight excluding hydrogens is 248 g/mol. The second kappa shape index (κ2) is 7.39. The van der Waals surface area contributed by atoms with Crippen LogP contribution in [0.15, 0.2) is 18.2 Å². The molecule has 4 heteroatoms. The van der Waals surface area contributed by atoms with Crippen molar-refractivity contribution < 1.29 is 4.79 Å². The van der Waals surface area contributed by atoms with Crippen molar-refractivity contribution in [3.8, 4) is 0 Å². The highest BCUT2D eigenvalue weighted by Gasteiger charge is 2.11. The Bertz CT molecular complexity index is 393. The van der Waals surface area contributed by atoms with E-state index in [2.05, 4.69) is 16.7 Å². The number of rotatable bonds is 7. The van der Waals surface area contributed by atoms with Crippen molar-refractivity contribution in [3.63, 3.8) is 0 Å². The van der Waals surface area contributed by atoms with Gasteiger partial charge in [-0.05, 0) is 38.7 Å². The monoisotopic (exact) mass is 268 g/mol. The van der Waals surface area contributed by atoms with E-state index in [0.29, 0.717) is 10.6 Å². The number of carbonyl (C=O) groups excluding carboxylic acids is 1. The molecule has 0 atom stereocenters. The zero-order valence-corrected chi connectivity index (χ0v) is 12.1. The normalized spacial score (nSPS) is 10.7. The summed E-state index contributed by atoms with van der Waals surface area (Å²) in [4.78, 5) is 15.5. The largest absolute Gasteiger partial charge is 0.370 e. The molecular formula is C14H21ClN2O. The second-order valence-corrected chi connectivity index (χ2v) is 5.05. The predicted octanol–water partition coefficient (Wildman–Crippen LogP) is 2.93. The summed E-state index contributed by atoms with van der Waals surface area (Å²) < 4.78 is 0. The van der Waals surface area contributed by atoms with E-state index in [1.54, 1.807) is 6.07 Å². The summed E-state index contributed by atoms with van der Waals surface area (Å²) in [6.07, 6.45) is 1.92. The summed E-state index contributed by atoms with van der Waals surface area (Å²) in [6.45, 7) is 4.94. The first-order chi connectivity index (χ1) is 8.58. The number of likely N-dealkylation sites (N-methyl/N-ethyl adjacent to an activating group) is 1. The Labute approximate surface area is 114 Å². The van der Waals surface area contributed by atoms with E-state index in [9.17, 15) is 4.79 Å². The van der Waals surface area contributed by atoms with Crippen LogP contribution in [0.3, 0.4) is 0 Å². The van der Waals surface area contributed by atoms with Gasteiger partial charge in [-0.15, -0.1) is 0 Å². The molecule has 0 aliphatic carbocycles. The van der Waals surface area contributed by atoms with Crippen LogP contribution in [0.25, 0.3) is 0 Å². The summed E-state index contributed by atoms with van der Waals surface area (Å²) in [5, 5.41) is 0.602. The smallest absolute Gasteiger partial charge is 0.152 e. The molecule has 0 amide bonds. The van der Waals surface area contributed by atoms with Gasteiger partial charge >= 0.3 is 0 Å². The van der Waals surface area contributed by atoms with E-state index in [1.165, 1.54) is 0 Å². The van der Waals surface area contributed by atoms with Gasteiger partial charge in [-0.25, -0.2) is 0 Å². The zero-order valence-electron chi connectivity index (χ0n) is 11.3. The Morgan fingerprint density at radius 2 is 1.94 bits per heavy atom. The molecule has 1 rings (SSSR count). The molecule has 100 valence electrons. The minimum absolute atomic E-state index is 0.602. The molecule has 0 aliphatic heterocycles. The zero-order chi connectivity index (χ0) is 13.5. The van der Waals surface area contributed by atoms with Crippen molar-refractivity contribution in [2.75, 3.05) is 38.6 Å². The van der Waals surface area contributed by atoms with Gasteiger partial charge in [0.1, 0.15) is 0 Å². The predicted molar refractivity (Wildman–Crippen MR) is 77.9 cm³/mol. The third kappa shape index (κ3) is 4.31. The minimum Gasteiger partial charge on any atom is -0.370 e. The number of carbonyl (C=O) groups is 1. The number of hydrogen-bond donors (Lipinski definition) is 0. The van der Waals surface area contributed by atoms with Crippen molar-refractivity contribution in [2.45, 2.75) is 13.3 Å². The van der Waals surface area contributed by atoms with Gasteiger partial charge in [0.05, 0.1) is 0 Å². The summed E-state index contributed by atoms with van der Waals surface area (Å²) >= 11 is 5.92. The van der Waals surface area contributed by atoms with Crippen molar-refractivity contribution in [1.29, 1.82) is 0 Å². The standard InChI is InChI=1S/C14H21ClN2O/c1-4-7-17(9-8-16(2)3)14-6-5-13(15)10-12(14)11-18/h5-6,10-11H,4,7-9H2,1-3H3. The van der Waals surface area contributed by atoms with Crippen molar-refractivity contribution in [3.05, 3.63) is 28.8 Å². The van der Waals surface area contributed by atoms with Crippen LogP contribution in [0, 0.1) is 0 Å². The van der Waals surface area contributed by atoms with Crippen LogP contribution >= 0.6 is 11.6 Å². The average molecular weight is 269 g/mol. The fourth-order valence-electron chi connectivity index (χ4n) is 1.85. The molecule has 3 nitrogen and oxygen atoms in total. The summed E-state index contributed by atoms with van der Waals surface area (Å²) in [5.74, 6) is 0. The maximum Gasteiger partial charge on any atom is 0.152 e. The first-order valence-corrected chi connectivity index (χ1v) is 6.60. The van der Waals surface area contributed by atoms with E-state index in [0.717, 1.165) is 38.0 Å². The van der Waals surface area contributed by atoms with Crippen LogP contribution in [-0.4, -0.2) is 44.9 Å². The lowest BCUT2D eigenvalue weighted by atomic mass is 10.1. The summed E-state index contributed by atoms with van der Waals surface area (Å²) in [6, 6.07) is 5.49. The van der Waals surface area contributed by atoms with E-state index in [-0.39, 0.29) is 0 Å². The lowest BCUT2D eigenvalue weighted by molar-refractivity contribution is 0.112. The second-order valence-electron chi connectivity index (χ2n) is 4.61. The van der Waals surface area contributed by atoms with Crippen LogP contribution in [0.4, 0.5) is 5.69 Å². The van der Waals surface area contributed by atoms with E-state index in [4.69, 9.17) is 11.6 Å². The van der Waals surface area contributed by atoms with Gasteiger partial charge in [0, 0.05) is 35.9 Å². The molecule has 0 radical (unpaired) electrons. The van der Waals surface area contributed by atoms with E-state index in [1.807, 2.05) is 26.2 Å². The first kappa shape index (κ1) is 15.0. The Balaban J connectivity index is 2.93. The maximum atomic E-state index is 11.1. The van der Waals surface area contributed by atoms with Crippen LogP contribution < -0.4 is 4.90 Å². The van der Waals surface area contributed by atoms with E-state index >= 15 is 0 Å². The van der Waals surface area contributed by atoms with Crippen LogP contribution in [0.5, 0.6) is 0 Å². The third-order valence-corrected chi connectivity index (χ3v) is 3.00. The van der Waals surface area contributed by atoms with Gasteiger partial charge in [-0.2, -0.15) is 0 Å². The maximum absolute atomic E-state index is 11.1. The number of nitrogens with zero attached hydrogens (tertiary/aromatic N) is 2. The Hall–Kier alpha value is -1.06. The summed E-state index contributed by atoms with van der Waals surface area (Å²) in [5.41, 5.74) is 1.63. The highest BCUT2D eigenvalue weighted by Crippen LogP contribution is 2.23. The van der Waals surface area contributed by atoms with Crippen LogP contribution in [-0.2, 0) is 0 Å². The number of hydrogen-bond acceptors (Lipinski definition) is 3. The van der Waals surface area contributed by atoms with Gasteiger partial charge in [0.2, 0.25) is 0 Å². The molecule has 0 unspecified atom stereocenters. The van der Waals surface area contributed by atoms with Crippen molar-refractivity contribution in [2.24, 2.45) is 0 Å². The highest BCUT2D eigenvalue weighted by molar-refractivity contribution is 6.31. The molecule has 0 aromatic heterocycles. The van der Waals surface area contributed by atoms with E-state index < -0.39 is 0 Å². The highest BCUT2D eigenvalue weighted by atomic mass is 35.5. The Kier molecular flexibility index (Phi) is 6.16. The Morgan fingerprint density at radius 1 is 1.22 bits per heavy atom. The van der Waals surface area contributed by atoms with Gasteiger partial charge in [0.15, 0.2) is 6.29 Å². The van der Waals surface area contributed by atoms with Gasteiger partial charge in [0.25, 0.3) is 0 Å². The number of aldehydes is 1. The molecule has 1 aromatic rings. The van der Waals surface area contributed by atoms with Crippen molar-refractivity contribution in [1.82, 2.24) is 4.90 Å². The van der Waals surface area contributed by atoms with Crippen LogP contribution in [0.2, 0.25) is 5.02 Å². The molecule has 0 saturated carbocycles. The molecule has 0 bridgehead atoms. The first-order valence-electron chi connectivity index (χ1n) is 6.23. The molecule has 0 spiro atoms. The molecule has 0 heterocycles. The fraction of sp³-hybridized carbons (Fsp3) is 0.500. The third-order valence-electron chi connectivity index (χ3n) is 2.77. The molecule has 1 aromatic carbocycles. The minimum atomic E-state index is 0.602. The van der Waals surface area contributed by atoms with Gasteiger partial charge < -0.3 is 9.80 Å². The van der Waals surface area contributed by atoms with Gasteiger partial charge in [-0.1, -0.05) is 18.5 Å². The lowest BCUT2D eigenvalue weighted by Crippen LogP contribution is -2.33. The SMILES string of the molecule is CCCN(CCN(C)C)c1ccc(Cl)cc1C=O. The topological polar surface area (TPSA) is 23.6 Å². The average Bonchev–Trinajstić information content (AvgIpc) is 2.34. The molecule has 0 saturated heterocycles. The van der Waals surface area contributed by atoms with Crippen LogP contribution in [0.1, 0.15) is 23.7 Å².